The van der Waals surface area contributed by atoms with Gasteiger partial charge in [0.15, 0.2) is 5.78 Å². The predicted octanol–water partition coefficient (Wildman–Crippen LogP) is 6.24. The maximum absolute atomic E-state index is 11.8. The van der Waals surface area contributed by atoms with Crippen LogP contribution in [-0.2, 0) is 22.7 Å². The maximum Gasteiger partial charge on any atom is 0.225 e. The number of aromatic nitrogens is 1. The lowest BCUT2D eigenvalue weighted by Gasteiger charge is -2.39. The van der Waals surface area contributed by atoms with Crippen LogP contribution in [0.1, 0.15) is 30.4 Å². The Balaban J connectivity index is 1.18. The van der Waals surface area contributed by atoms with Gasteiger partial charge in [-0.1, -0.05) is 72.8 Å². The Bertz CT molecular complexity index is 1400. The monoisotopic (exact) mass is 520 g/mol. The van der Waals surface area contributed by atoms with Crippen LogP contribution in [0.3, 0.4) is 0 Å². The molecule has 2 aliphatic rings. The summed E-state index contributed by atoms with van der Waals surface area (Å²) >= 11 is 0. The van der Waals surface area contributed by atoms with Gasteiger partial charge in [-0.2, -0.15) is 4.98 Å². The second-order valence-electron chi connectivity index (χ2n) is 10.3. The van der Waals surface area contributed by atoms with Crippen LogP contribution in [0.2, 0.25) is 0 Å². The van der Waals surface area contributed by atoms with Crippen molar-refractivity contribution in [1.82, 2.24) is 4.98 Å². The molecule has 1 aromatic heterocycles. The van der Waals surface area contributed by atoms with Crippen LogP contribution in [-0.4, -0.2) is 36.1 Å². The van der Waals surface area contributed by atoms with E-state index in [9.17, 15) is 4.79 Å². The molecule has 2 saturated heterocycles. The molecule has 6 rings (SSSR count). The molecule has 1 spiro atoms. The van der Waals surface area contributed by atoms with Crippen LogP contribution >= 0.6 is 0 Å². The molecule has 2 fully saturated rings. The summed E-state index contributed by atoms with van der Waals surface area (Å²) in [5.74, 6) is 1.29. The summed E-state index contributed by atoms with van der Waals surface area (Å²) in [5.41, 5.74) is 5.03. The summed E-state index contributed by atoms with van der Waals surface area (Å²) in [6.07, 6.45) is 2.32. The van der Waals surface area contributed by atoms with E-state index in [-0.39, 0.29) is 18.0 Å². The second kappa shape index (κ2) is 11.3. The molecule has 0 unspecified atom stereocenters. The summed E-state index contributed by atoms with van der Waals surface area (Å²) in [4.78, 5) is 18.9. The minimum absolute atomic E-state index is 0.225. The number of hydrogen-bond acceptors (Lipinski definition) is 6. The number of hydrogen-bond donors (Lipinski definition) is 0. The number of ether oxygens (including phenoxy) is 3. The third-order valence-electron chi connectivity index (χ3n) is 7.56. The van der Waals surface area contributed by atoms with Gasteiger partial charge in [-0.15, -0.1) is 0 Å². The number of anilines is 1. The molecule has 2 aliphatic heterocycles. The molecule has 4 aromatic rings. The Kier molecular flexibility index (Phi) is 7.28. The first-order valence-electron chi connectivity index (χ1n) is 13.5. The molecule has 0 atom stereocenters. The Morgan fingerprint density at radius 2 is 1.41 bits per heavy atom. The van der Waals surface area contributed by atoms with E-state index >= 15 is 0 Å². The summed E-state index contributed by atoms with van der Waals surface area (Å²) < 4.78 is 18.1. The average Bonchev–Trinajstić information content (AvgIpc) is 3.36. The van der Waals surface area contributed by atoms with Crippen molar-refractivity contribution in [2.24, 2.45) is 0 Å². The lowest BCUT2D eigenvalue weighted by Crippen LogP contribution is -2.44. The van der Waals surface area contributed by atoms with E-state index < -0.39 is 0 Å². The van der Waals surface area contributed by atoms with Crippen molar-refractivity contribution in [3.8, 4) is 22.9 Å². The van der Waals surface area contributed by atoms with Gasteiger partial charge in [-0.05, 0) is 47.7 Å². The van der Waals surface area contributed by atoms with Gasteiger partial charge in [0.1, 0.15) is 19.8 Å². The van der Waals surface area contributed by atoms with E-state index in [2.05, 4.69) is 29.2 Å². The number of carbonyl (C=O) groups excluding carboxylic acids is 1. The fourth-order valence-corrected chi connectivity index (χ4v) is 5.33. The van der Waals surface area contributed by atoms with E-state index in [1.54, 1.807) is 0 Å². The van der Waals surface area contributed by atoms with Gasteiger partial charge in [0.2, 0.25) is 11.8 Å². The number of nitrogens with zero attached hydrogens (tertiary/aromatic N) is 2. The van der Waals surface area contributed by atoms with Crippen molar-refractivity contribution >= 4 is 11.5 Å². The van der Waals surface area contributed by atoms with Crippen molar-refractivity contribution in [3.05, 3.63) is 108 Å². The molecule has 0 saturated carbocycles. The highest BCUT2D eigenvalue weighted by atomic mass is 16.5. The molecule has 0 N–H and O–H groups in total. The third-order valence-corrected chi connectivity index (χ3v) is 7.56. The fraction of sp³-hybridized carbons (Fsp3) is 0.273. The Morgan fingerprint density at radius 1 is 0.769 bits per heavy atom. The fourth-order valence-electron chi connectivity index (χ4n) is 5.33. The summed E-state index contributed by atoms with van der Waals surface area (Å²) in [6.45, 7) is 2.89. The van der Waals surface area contributed by atoms with Crippen molar-refractivity contribution < 1.29 is 19.0 Å². The Labute approximate surface area is 229 Å². The second-order valence-corrected chi connectivity index (χ2v) is 10.3. The normalized spacial score (nSPS) is 16.4. The van der Waals surface area contributed by atoms with Gasteiger partial charge < -0.3 is 19.1 Å². The van der Waals surface area contributed by atoms with Gasteiger partial charge in [0.05, 0.1) is 5.60 Å². The molecule has 39 heavy (non-hydrogen) atoms. The number of carbonyl (C=O) groups is 1. The first kappa shape index (κ1) is 25.1. The Hall–Kier alpha value is -4.16. The van der Waals surface area contributed by atoms with E-state index in [1.807, 2.05) is 72.8 Å². The highest BCUT2D eigenvalue weighted by Gasteiger charge is 2.42. The number of rotatable bonds is 8. The molecular formula is C33H32N2O4. The van der Waals surface area contributed by atoms with Gasteiger partial charge >= 0.3 is 0 Å². The SMILES string of the molecule is O=C1COC2(CCN(c3ccc(-c4ccc(OCc5ccccc5)nc4OCc4ccccc4)cc3)CC2)C1. The number of Topliss-reactive ketones (excluding diaryl/α,β-unsaturated/α-hetero) is 1. The van der Waals surface area contributed by atoms with Crippen molar-refractivity contribution in [3.63, 3.8) is 0 Å². The molecule has 0 amide bonds. The highest BCUT2D eigenvalue weighted by Crippen LogP contribution is 2.37. The Morgan fingerprint density at radius 3 is 2.03 bits per heavy atom. The van der Waals surface area contributed by atoms with Crippen molar-refractivity contribution in [2.45, 2.75) is 38.1 Å². The molecule has 0 bridgehead atoms. The van der Waals surface area contributed by atoms with E-state index in [0.29, 0.717) is 31.4 Å². The topological polar surface area (TPSA) is 60.9 Å². The smallest absolute Gasteiger partial charge is 0.225 e. The highest BCUT2D eigenvalue weighted by molar-refractivity contribution is 5.82. The van der Waals surface area contributed by atoms with Crippen LogP contribution in [0.4, 0.5) is 5.69 Å². The summed E-state index contributed by atoms with van der Waals surface area (Å²) in [7, 11) is 0. The van der Waals surface area contributed by atoms with Gasteiger partial charge in [0.25, 0.3) is 0 Å². The summed E-state index contributed by atoms with van der Waals surface area (Å²) in [6, 6.07) is 32.6. The van der Waals surface area contributed by atoms with E-state index in [0.717, 1.165) is 48.2 Å². The molecule has 0 aliphatic carbocycles. The van der Waals surface area contributed by atoms with Crippen LogP contribution in [0, 0.1) is 0 Å². The standard InChI is InChI=1S/C33H32N2O4/c36-29-21-33(39-24-29)17-19-35(20-18-33)28-13-11-27(12-14-28)30-15-16-31(37-22-25-7-3-1-4-8-25)34-32(30)38-23-26-9-5-2-6-10-26/h1-16H,17-24H2. The largest absolute Gasteiger partial charge is 0.473 e. The minimum Gasteiger partial charge on any atom is -0.473 e. The molecule has 6 heteroatoms. The molecular weight excluding hydrogens is 488 g/mol. The van der Waals surface area contributed by atoms with Crippen LogP contribution < -0.4 is 14.4 Å². The molecule has 198 valence electrons. The first-order valence-corrected chi connectivity index (χ1v) is 13.5. The zero-order chi connectivity index (χ0) is 26.5. The molecule has 0 radical (unpaired) electrons. The van der Waals surface area contributed by atoms with Crippen molar-refractivity contribution in [1.29, 1.82) is 0 Å². The van der Waals surface area contributed by atoms with Gasteiger partial charge in [-0.25, -0.2) is 0 Å². The number of ketones is 1. The van der Waals surface area contributed by atoms with Crippen LogP contribution in [0.25, 0.3) is 11.1 Å². The molecule has 6 nitrogen and oxygen atoms in total. The first-order chi connectivity index (χ1) is 19.2. The third kappa shape index (κ3) is 5.96. The zero-order valence-corrected chi connectivity index (χ0v) is 21.9. The number of pyridine rings is 1. The van der Waals surface area contributed by atoms with Gasteiger partial charge in [-0.3, -0.25) is 4.79 Å². The van der Waals surface area contributed by atoms with E-state index in [1.165, 1.54) is 5.69 Å². The zero-order valence-electron chi connectivity index (χ0n) is 21.9. The van der Waals surface area contributed by atoms with Crippen LogP contribution in [0.15, 0.2) is 97.1 Å². The number of piperidine rings is 1. The molecule has 3 aromatic carbocycles. The van der Waals surface area contributed by atoms with Gasteiger partial charge in [0, 0.05) is 36.8 Å². The number of benzene rings is 3. The van der Waals surface area contributed by atoms with Crippen LogP contribution in [0.5, 0.6) is 11.8 Å². The lowest BCUT2D eigenvalue weighted by atomic mass is 9.88. The minimum atomic E-state index is -0.242. The lowest BCUT2D eigenvalue weighted by molar-refractivity contribution is -0.117. The predicted molar refractivity (Wildman–Crippen MR) is 151 cm³/mol. The van der Waals surface area contributed by atoms with Crippen molar-refractivity contribution in [2.75, 3.05) is 24.6 Å². The average molecular weight is 521 g/mol. The maximum atomic E-state index is 11.8. The summed E-state index contributed by atoms with van der Waals surface area (Å²) in [5, 5.41) is 0. The molecule has 3 heterocycles. The van der Waals surface area contributed by atoms with E-state index in [4.69, 9.17) is 19.2 Å². The quantitative estimate of drug-likeness (QED) is 0.274.